The Kier molecular flexibility index (Phi) is 2.82. The second-order valence-corrected chi connectivity index (χ2v) is 6.45. The number of nitrogens with zero attached hydrogens (tertiary/aromatic N) is 3. The van der Waals surface area contributed by atoms with Crippen LogP contribution in [0.2, 0.25) is 0 Å². The minimum Gasteiger partial charge on any atom is -0.348 e. The molecule has 4 rings (SSSR count). The number of fused-ring (bicyclic) bond motifs is 3. The summed E-state index contributed by atoms with van der Waals surface area (Å²) in [5.41, 5.74) is 1.51. The largest absolute Gasteiger partial charge is 0.348 e. The Balaban J connectivity index is 1.54. The van der Waals surface area contributed by atoms with Crippen LogP contribution >= 0.6 is 15.9 Å². The van der Waals surface area contributed by atoms with Crippen molar-refractivity contribution in [1.82, 2.24) is 19.6 Å². The number of carbonyl (C=O) groups is 1. The number of amides is 1. The first-order valence-electron chi connectivity index (χ1n) is 6.86. The first-order valence-corrected chi connectivity index (χ1v) is 7.66. The fourth-order valence-corrected chi connectivity index (χ4v) is 3.70. The van der Waals surface area contributed by atoms with Gasteiger partial charge in [-0.05, 0) is 46.9 Å². The summed E-state index contributed by atoms with van der Waals surface area (Å²) in [5, 5.41) is 3.17. The maximum absolute atomic E-state index is 12.4. The van der Waals surface area contributed by atoms with E-state index in [1.807, 2.05) is 28.9 Å². The molecule has 2 aliphatic heterocycles. The molecule has 1 amide bonds. The summed E-state index contributed by atoms with van der Waals surface area (Å²) in [7, 11) is 0. The minimum atomic E-state index is 0.00970. The Labute approximate surface area is 125 Å². The molecule has 2 unspecified atom stereocenters. The molecule has 2 aliphatic rings. The number of rotatable bonds is 2. The normalized spacial score (nSPS) is 28.1. The highest BCUT2D eigenvalue weighted by Crippen LogP contribution is 2.27. The molecule has 0 spiro atoms. The van der Waals surface area contributed by atoms with Crippen LogP contribution in [0.5, 0.6) is 0 Å². The standard InChI is InChI=1S/C14H15BrN4O/c15-12-8-19-6-10(1-2-13(19)17-12)14(20)16-11-7-18-4-3-9(11)5-18/h1-2,6,8-9,11H,3-5,7H2,(H,16,20)/t9-,11?/m0/s1. The third-order valence-corrected chi connectivity index (χ3v) is 4.72. The van der Waals surface area contributed by atoms with Crippen LogP contribution in [0.3, 0.4) is 0 Å². The van der Waals surface area contributed by atoms with Gasteiger partial charge in [0.25, 0.3) is 5.91 Å². The van der Waals surface area contributed by atoms with E-state index in [-0.39, 0.29) is 5.91 Å². The van der Waals surface area contributed by atoms with E-state index in [1.54, 1.807) is 0 Å². The predicted octanol–water partition coefficient (Wildman–Crippen LogP) is 1.53. The minimum absolute atomic E-state index is 0.00970. The third kappa shape index (κ3) is 2.03. The average Bonchev–Trinajstić information content (AvgIpc) is 3.10. The zero-order valence-electron chi connectivity index (χ0n) is 10.9. The van der Waals surface area contributed by atoms with Crippen molar-refractivity contribution in [3.05, 3.63) is 34.7 Å². The van der Waals surface area contributed by atoms with Gasteiger partial charge in [-0.2, -0.15) is 0 Å². The van der Waals surface area contributed by atoms with Gasteiger partial charge in [0, 0.05) is 31.5 Å². The number of carbonyl (C=O) groups excluding carboxylic acids is 1. The van der Waals surface area contributed by atoms with Gasteiger partial charge in [-0.3, -0.25) is 4.79 Å². The second kappa shape index (κ2) is 4.56. The van der Waals surface area contributed by atoms with Gasteiger partial charge in [0.15, 0.2) is 0 Å². The molecule has 3 atom stereocenters. The topological polar surface area (TPSA) is 49.6 Å². The van der Waals surface area contributed by atoms with Gasteiger partial charge in [0.05, 0.1) is 5.56 Å². The lowest BCUT2D eigenvalue weighted by atomic mass is 10.00. The number of aromatic nitrogens is 2. The lowest BCUT2D eigenvalue weighted by molar-refractivity contribution is 0.0924. The maximum atomic E-state index is 12.4. The Morgan fingerprint density at radius 1 is 1.35 bits per heavy atom. The number of piperidine rings is 1. The van der Waals surface area contributed by atoms with Crippen molar-refractivity contribution in [2.45, 2.75) is 12.5 Å². The second-order valence-electron chi connectivity index (χ2n) is 5.64. The summed E-state index contributed by atoms with van der Waals surface area (Å²) in [5.74, 6) is 0.639. The van der Waals surface area contributed by atoms with E-state index in [2.05, 4.69) is 31.1 Å². The van der Waals surface area contributed by atoms with E-state index < -0.39 is 0 Å². The molecule has 2 fully saturated rings. The third-order valence-electron chi connectivity index (χ3n) is 4.33. The molecule has 2 bridgehead atoms. The van der Waals surface area contributed by atoms with Crippen LogP contribution in [0.25, 0.3) is 5.65 Å². The monoisotopic (exact) mass is 334 g/mol. The molecule has 2 aromatic rings. The predicted molar refractivity (Wildman–Crippen MR) is 78.7 cm³/mol. The lowest BCUT2D eigenvalue weighted by Gasteiger charge is -2.23. The Bertz CT molecular complexity index is 683. The van der Waals surface area contributed by atoms with E-state index in [4.69, 9.17) is 0 Å². The molecule has 20 heavy (non-hydrogen) atoms. The molecule has 2 aromatic heterocycles. The fraction of sp³-hybridized carbons (Fsp3) is 0.429. The average molecular weight is 335 g/mol. The highest BCUT2D eigenvalue weighted by Gasteiger charge is 2.38. The van der Waals surface area contributed by atoms with Gasteiger partial charge >= 0.3 is 0 Å². The van der Waals surface area contributed by atoms with E-state index >= 15 is 0 Å². The summed E-state index contributed by atoms with van der Waals surface area (Å²) < 4.78 is 2.64. The molecule has 4 heterocycles. The van der Waals surface area contributed by atoms with Crippen molar-refractivity contribution in [3.63, 3.8) is 0 Å². The van der Waals surface area contributed by atoms with Crippen LogP contribution in [-0.4, -0.2) is 45.9 Å². The van der Waals surface area contributed by atoms with E-state index in [9.17, 15) is 4.79 Å². The van der Waals surface area contributed by atoms with Gasteiger partial charge in [-0.25, -0.2) is 4.98 Å². The molecule has 0 saturated carbocycles. The number of hydrogen-bond acceptors (Lipinski definition) is 3. The van der Waals surface area contributed by atoms with Crippen molar-refractivity contribution in [3.8, 4) is 0 Å². The van der Waals surface area contributed by atoms with Crippen molar-refractivity contribution in [2.24, 2.45) is 5.92 Å². The molecule has 0 aliphatic carbocycles. The van der Waals surface area contributed by atoms with Crippen LogP contribution in [0.1, 0.15) is 16.8 Å². The number of pyridine rings is 1. The van der Waals surface area contributed by atoms with E-state index in [0.717, 1.165) is 23.3 Å². The molecule has 0 aromatic carbocycles. The van der Waals surface area contributed by atoms with E-state index in [0.29, 0.717) is 17.5 Å². The van der Waals surface area contributed by atoms with Crippen LogP contribution in [0, 0.1) is 5.92 Å². The lowest BCUT2D eigenvalue weighted by Crippen LogP contribution is -2.43. The maximum Gasteiger partial charge on any atom is 0.253 e. The first-order chi connectivity index (χ1) is 9.69. The van der Waals surface area contributed by atoms with Crippen LogP contribution in [0.4, 0.5) is 0 Å². The van der Waals surface area contributed by atoms with Crippen molar-refractivity contribution >= 4 is 27.5 Å². The zero-order valence-corrected chi connectivity index (χ0v) is 12.5. The van der Waals surface area contributed by atoms with Crippen molar-refractivity contribution in [1.29, 1.82) is 0 Å². The summed E-state index contributed by atoms with van der Waals surface area (Å²) in [6, 6.07) is 4.00. The number of nitrogens with one attached hydrogen (secondary N) is 1. The molecule has 1 N–H and O–H groups in total. The number of imidazole rings is 1. The van der Waals surface area contributed by atoms with E-state index in [1.165, 1.54) is 13.0 Å². The SMILES string of the molecule is O=C(NC1CN2CC[C@H]1C2)c1ccc2nc(Br)cn2c1. The molecule has 6 heteroatoms. The van der Waals surface area contributed by atoms with Crippen LogP contribution in [0.15, 0.2) is 29.1 Å². The molecular formula is C14H15BrN4O. The fourth-order valence-electron chi connectivity index (χ4n) is 3.29. The van der Waals surface area contributed by atoms with Gasteiger partial charge in [0.2, 0.25) is 0 Å². The highest BCUT2D eigenvalue weighted by atomic mass is 79.9. The van der Waals surface area contributed by atoms with Crippen LogP contribution < -0.4 is 5.32 Å². The first kappa shape index (κ1) is 12.3. The summed E-state index contributed by atoms with van der Waals surface area (Å²) in [6.45, 7) is 3.32. The molecule has 2 saturated heterocycles. The van der Waals surface area contributed by atoms with Gasteiger partial charge in [-0.15, -0.1) is 0 Å². The van der Waals surface area contributed by atoms with Gasteiger partial charge < -0.3 is 14.6 Å². The zero-order chi connectivity index (χ0) is 13.7. The highest BCUT2D eigenvalue weighted by molar-refractivity contribution is 9.10. The smallest absolute Gasteiger partial charge is 0.253 e. The number of halogens is 1. The molecule has 5 nitrogen and oxygen atoms in total. The van der Waals surface area contributed by atoms with Gasteiger partial charge in [-0.1, -0.05) is 0 Å². The van der Waals surface area contributed by atoms with Gasteiger partial charge in [0.1, 0.15) is 10.3 Å². The summed E-state index contributed by atoms with van der Waals surface area (Å²) in [4.78, 5) is 19.1. The van der Waals surface area contributed by atoms with Crippen molar-refractivity contribution < 1.29 is 4.79 Å². The summed E-state index contributed by atoms with van der Waals surface area (Å²) in [6.07, 6.45) is 4.89. The molecular weight excluding hydrogens is 320 g/mol. The molecule has 0 radical (unpaired) electrons. The Morgan fingerprint density at radius 2 is 2.25 bits per heavy atom. The summed E-state index contributed by atoms with van der Waals surface area (Å²) >= 11 is 3.34. The molecule has 104 valence electrons. The van der Waals surface area contributed by atoms with Crippen LogP contribution in [-0.2, 0) is 0 Å². The van der Waals surface area contributed by atoms with Crippen molar-refractivity contribution in [2.75, 3.05) is 19.6 Å². The quantitative estimate of drug-likeness (QED) is 0.906. The Morgan fingerprint density at radius 3 is 3.00 bits per heavy atom. The Hall–Kier alpha value is -1.40. The number of hydrogen-bond donors (Lipinski definition) is 1.